The number of rotatable bonds is 7. The number of benzene rings is 3. The molecule has 1 aromatic heterocycles. The van der Waals surface area contributed by atoms with E-state index in [2.05, 4.69) is 18.8 Å². The third kappa shape index (κ3) is 4.20. The molecule has 1 heterocycles. The van der Waals surface area contributed by atoms with E-state index in [0.29, 0.717) is 22.7 Å². The summed E-state index contributed by atoms with van der Waals surface area (Å²) in [6.45, 7) is 0. The first kappa shape index (κ1) is 21.5. The highest BCUT2D eigenvalue weighted by molar-refractivity contribution is 7.93. The fourth-order valence-corrected chi connectivity index (χ4v) is 4.91. The van der Waals surface area contributed by atoms with Gasteiger partial charge in [-0.3, -0.25) is 9.52 Å². The van der Waals surface area contributed by atoms with Crippen LogP contribution in [0.25, 0.3) is 11.0 Å². The van der Waals surface area contributed by atoms with E-state index in [1.165, 1.54) is 32.4 Å². The van der Waals surface area contributed by atoms with Crippen LogP contribution in [0.3, 0.4) is 0 Å². The van der Waals surface area contributed by atoms with Gasteiger partial charge in [0.1, 0.15) is 27.4 Å². The number of nitrogens with one attached hydrogen (secondary N) is 2. The number of hydrogen-bond acceptors (Lipinski definition) is 8. The number of para-hydroxylation sites is 1. The van der Waals surface area contributed by atoms with Gasteiger partial charge >= 0.3 is 0 Å². The number of nitrogens with zero attached hydrogens (tertiary/aromatic N) is 2. The van der Waals surface area contributed by atoms with Gasteiger partial charge in [-0.2, -0.15) is 8.75 Å². The average molecular weight is 471 g/mol. The summed E-state index contributed by atoms with van der Waals surface area (Å²) >= 11 is 0.928. The zero-order valence-electron chi connectivity index (χ0n) is 17.0. The molecule has 3 aromatic carbocycles. The molecule has 4 aromatic rings. The van der Waals surface area contributed by atoms with Crippen molar-refractivity contribution >= 4 is 50.1 Å². The molecule has 0 aliphatic carbocycles. The van der Waals surface area contributed by atoms with Gasteiger partial charge in [0, 0.05) is 6.07 Å². The predicted octanol–water partition coefficient (Wildman–Crippen LogP) is 3.76. The zero-order valence-corrected chi connectivity index (χ0v) is 18.7. The molecule has 1 amide bonds. The lowest BCUT2D eigenvalue weighted by Gasteiger charge is -2.15. The van der Waals surface area contributed by atoms with Crippen molar-refractivity contribution in [3.63, 3.8) is 0 Å². The Labute approximate surface area is 188 Å². The Morgan fingerprint density at radius 2 is 1.75 bits per heavy atom. The van der Waals surface area contributed by atoms with Crippen molar-refractivity contribution in [2.75, 3.05) is 24.3 Å². The van der Waals surface area contributed by atoms with Gasteiger partial charge in [-0.05, 0) is 36.4 Å². The summed E-state index contributed by atoms with van der Waals surface area (Å²) in [7, 11) is -1.03. The Morgan fingerprint density at radius 1 is 0.938 bits per heavy atom. The average Bonchev–Trinajstić information content (AvgIpc) is 3.28. The molecule has 11 heteroatoms. The van der Waals surface area contributed by atoms with E-state index in [1.807, 2.05) is 0 Å². The maximum Gasteiger partial charge on any atom is 0.264 e. The molecule has 0 radical (unpaired) electrons. The molecule has 4 rings (SSSR count). The monoisotopic (exact) mass is 470 g/mol. The number of sulfonamides is 1. The standard InChI is InChI=1S/C21H18N4O5S2/c1-29-13-10-11-16(18(12-13)30-2)22-21(26)14-6-3-4-7-15(14)25-32(27,28)19-9-5-8-17-20(19)24-31-23-17/h3-12,25H,1-2H3,(H,22,26). The fourth-order valence-electron chi connectivity index (χ4n) is 3.06. The lowest BCUT2D eigenvalue weighted by molar-refractivity contribution is 0.102. The van der Waals surface area contributed by atoms with Crippen LogP contribution in [0.15, 0.2) is 65.6 Å². The molecule has 0 saturated heterocycles. The lowest BCUT2D eigenvalue weighted by Crippen LogP contribution is -2.19. The molecule has 0 bridgehead atoms. The normalized spacial score (nSPS) is 11.2. The zero-order chi connectivity index (χ0) is 22.7. The van der Waals surface area contributed by atoms with Gasteiger partial charge < -0.3 is 14.8 Å². The highest BCUT2D eigenvalue weighted by Crippen LogP contribution is 2.30. The molecule has 0 unspecified atom stereocenters. The van der Waals surface area contributed by atoms with E-state index >= 15 is 0 Å². The second-order valence-corrected chi connectivity index (χ2v) is 8.74. The predicted molar refractivity (Wildman–Crippen MR) is 122 cm³/mol. The number of methoxy groups -OCH3 is 2. The van der Waals surface area contributed by atoms with Crippen LogP contribution in [0.1, 0.15) is 10.4 Å². The minimum absolute atomic E-state index is 0.0178. The van der Waals surface area contributed by atoms with Crippen LogP contribution in [0.5, 0.6) is 11.5 Å². The van der Waals surface area contributed by atoms with Gasteiger partial charge in [0.2, 0.25) is 0 Å². The second-order valence-electron chi connectivity index (χ2n) is 6.56. The first-order chi connectivity index (χ1) is 15.4. The first-order valence-electron chi connectivity index (χ1n) is 9.29. The highest BCUT2D eigenvalue weighted by Gasteiger charge is 2.22. The molecule has 0 saturated carbocycles. The SMILES string of the molecule is COc1ccc(NC(=O)c2ccccc2NS(=O)(=O)c2cccc3nsnc23)c(OC)c1. The molecule has 0 spiro atoms. The number of hydrogen-bond donors (Lipinski definition) is 2. The molecule has 0 atom stereocenters. The van der Waals surface area contributed by atoms with Gasteiger partial charge in [0.25, 0.3) is 15.9 Å². The van der Waals surface area contributed by atoms with E-state index in [0.717, 1.165) is 11.7 Å². The number of carbonyl (C=O) groups is 1. The molecule has 32 heavy (non-hydrogen) atoms. The van der Waals surface area contributed by atoms with E-state index in [4.69, 9.17) is 9.47 Å². The largest absolute Gasteiger partial charge is 0.497 e. The summed E-state index contributed by atoms with van der Waals surface area (Å²) in [6.07, 6.45) is 0. The summed E-state index contributed by atoms with van der Waals surface area (Å²) in [4.78, 5) is 13.0. The quantitative estimate of drug-likeness (QED) is 0.422. The third-order valence-corrected chi connectivity index (χ3v) is 6.55. The van der Waals surface area contributed by atoms with Crippen LogP contribution in [0.4, 0.5) is 11.4 Å². The third-order valence-electron chi connectivity index (χ3n) is 4.61. The minimum atomic E-state index is -4.03. The highest BCUT2D eigenvalue weighted by atomic mass is 32.2. The number of aromatic nitrogens is 2. The Morgan fingerprint density at radius 3 is 2.53 bits per heavy atom. The smallest absolute Gasteiger partial charge is 0.264 e. The number of ether oxygens (including phenoxy) is 2. The van der Waals surface area contributed by atoms with Crippen molar-refractivity contribution in [2.45, 2.75) is 4.90 Å². The van der Waals surface area contributed by atoms with Crippen LogP contribution in [-0.4, -0.2) is 37.3 Å². The van der Waals surface area contributed by atoms with Gasteiger partial charge in [-0.25, -0.2) is 8.42 Å². The molecule has 9 nitrogen and oxygen atoms in total. The Hall–Kier alpha value is -3.70. The number of carbonyl (C=O) groups excluding carboxylic acids is 1. The second kappa shape index (κ2) is 8.81. The summed E-state index contributed by atoms with van der Waals surface area (Å²) < 4.78 is 47.3. The van der Waals surface area contributed by atoms with Gasteiger partial charge in [-0.15, -0.1) is 0 Å². The minimum Gasteiger partial charge on any atom is -0.497 e. The molecular formula is C21H18N4O5S2. The van der Waals surface area contributed by atoms with Crippen molar-refractivity contribution < 1.29 is 22.7 Å². The number of amides is 1. The van der Waals surface area contributed by atoms with Crippen molar-refractivity contribution in [3.05, 3.63) is 66.2 Å². The Kier molecular flexibility index (Phi) is 5.93. The van der Waals surface area contributed by atoms with E-state index < -0.39 is 15.9 Å². The summed E-state index contributed by atoms with van der Waals surface area (Å²) in [5.41, 5.74) is 1.43. The van der Waals surface area contributed by atoms with E-state index in [-0.39, 0.29) is 21.7 Å². The summed E-state index contributed by atoms with van der Waals surface area (Å²) in [5, 5.41) is 2.75. The molecule has 2 N–H and O–H groups in total. The van der Waals surface area contributed by atoms with Gasteiger partial charge in [0.05, 0.1) is 42.9 Å². The summed E-state index contributed by atoms with van der Waals surface area (Å²) in [5.74, 6) is 0.456. The topological polar surface area (TPSA) is 120 Å². The Bertz CT molecular complexity index is 1400. The van der Waals surface area contributed by atoms with Gasteiger partial charge in [-0.1, -0.05) is 18.2 Å². The molecular weight excluding hydrogens is 452 g/mol. The summed E-state index contributed by atoms with van der Waals surface area (Å²) in [6, 6.07) is 16.0. The van der Waals surface area contributed by atoms with Crippen LogP contribution in [0, 0.1) is 0 Å². The van der Waals surface area contributed by atoms with Crippen molar-refractivity contribution in [1.29, 1.82) is 0 Å². The molecule has 0 fully saturated rings. The lowest BCUT2D eigenvalue weighted by atomic mass is 10.1. The van der Waals surface area contributed by atoms with E-state index in [1.54, 1.807) is 42.5 Å². The van der Waals surface area contributed by atoms with Crippen molar-refractivity contribution in [3.8, 4) is 11.5 Å². The number of anilines is 2. The molecule has 0 aliphatic heterocycles. The Balaban J connectivity index is 1.65. The van der Waals surface area contributed by atoms with Crippen LogP contribution in [0.2, 0.25) is 0 Å². The van der Waals surface area contributed by atoms with Crippen LogP contribution < -0.4 is 19.5 Å². The van der Waals surface area contributed by atoms with Crippen molar-refractivity contribution in [2.24, 2.45) is 0 Å². The van der Waals surface area contributed by atoms with Crippen molar-refractivity contribution in [1.82, 2.24) is 8.75 Å². The van der Waals surface area contributed by atoms with Crippen LogP contribution >= 0.6 is 11.7 Å². The van der Waals surface area contributed by atoms with Gasteiger partial charge in [0.15, 0.2) is 0 Å². The van der Waals surface area contributed by atoms with E-state index in [9.17, 15) is 13.2 Å². The molecule has 164 valence electrons. The number of fused-ring (bicyclic) bond motifs is 1. The van der Waals surface area contributed by atoms with Crippen LogP contribution in [-0.2, 0) is 10.0 Å². The maximum atomic E-state index is 13.1. The fraction of sp³-hybridized carbons (Fsp3) is 0.0952. The first-order valence-corrected chi connectivity index (χ1v) is 11.5. The maximum absolute atomic E-state index is 13.1. The molecule has 0 aliphatic rings.